The molecule has 28 heavy (non-hydrogen) atoms. The van der Waals surface area contributed by atoms with Crippen LogP contribution in [0.1, 0.15) is 33.3 Å². The van der Waals surface area contributed by atoms with Crippen LogP contribution >= 0.6 is 0 Å². The summed E-state index contributed by atoms with van der Waals surface area (Å²) in [5.74, 6) is -1.81. The Morgan fingerprint density at radius 3 is 2.46 bits per heavy atom. The Balaban J connectivity index is 1.77. The second kappa shape index (κ2) is 8.57. The van der Waals surface area contributed by atoms with E-state index < -0.39 is 48.4 Å². The van der Waals surface area contributed by atoms with Gasteiger partial charge in [0.05, 0.1) is 6.61 Å². The van der Waals surface area contributed by atoms with Crippen molar-refractivity contribution < 1.29 is 38.0 Å². The van der Waals surface area contributed by atoms with Crippen LogP contribution in [0.5, 0.6) is 0 Å². The third-order valence-electron chi connectivity index (χ3n) is 4.45. The van der Waals surface area contributed by atoms with Gasteiger partial charge in [0, 0.05) is 13.8 Å². The van der Waals surface area contributed by atoms with E-state index in [0.717, 1.165) is 5.56 Å². The third kappa shape index (κ3) is 5.08. The molecule has 0 aromatic heterocycles. The molecule has 0 amide bonds. The van der Waals surface area contributed by atoms with Crippen LogP contribution < -0.4 is 0 Å². The van der Waals surface area contributed by atoms with E-state index in [0.29, 0.717) is 6.61 Å². The van der Waals surface area contributed by atoms with Gasteiger partial charge >= 0.3 is 11.9 Å². The standard InChI is InChI=1S/C20H26O8/c1-12(21)23-11-15(25-13(2)22)16-17(24-10-14-8-6-5-7-9-14)18-19(26-16)28-20(3,4)27-18/h5-9,15-19H,10-11H2,1-4H3/t15-,16-,17+,18-,19-/m1/s1. The predicted octanol–water partition coefficient (Wildman–Crippen LogP) is 1.94. The van der Waals surface area contributed by atoms with Crippen molar-refractivity contribution in [3.63, 3.8) is 0 Å². The van der Waals surface area contributed by atoms with E-state index in [1.54, 1.807) is 13.8 Å². The summed E-state index contributed by atoms with van der Waals surface area (Å²) in [5, 5.41) is 0. The lowest BCUT2D eigenvalue weighted by molar-refractivity contribution is -0.236. The van der Waals surface area contributed by atoms with Crippen LogP contribution in [0.2, 0.25) is 0 Å². The first-order valence-electron chi connectivity index (χ1n) is 9.22. The fourth-order valence-electron chi connectivity index (χ4n) is 3.37. The van der Waals surface area contributed by atoms with E-state index in [9.17, 15) is 9.59 Å². The topological polar surface area (TPSA) is 89.5 Å². The average Bonchev–Trinajstić information content (AvgIpc) is 3.09. The third-order valence-corrected chi connectivity index (χ3v) is 4.45. The summed E-state index contributed by atoms with van der Waals surface area (Å²) in [4.78, 5) is 22.8. The van der Waals surface area contributed by atoms with E-state index in [1.807, 2.05) is 30.3 Å². The Labute approximate surface area is 164 Å². The minimum Gasteiger partial charge on any atom is -0.462 e. The maximum absolute atomic E-state index is 11.6. The fourth-order valence-corrected chi connectivity index (χ4v) is 3.37. The lowest BCUT2D eigenvalue weighted by atomic mass is 10.1. The van der Waals surface area contributed by atoms with Gasteiger partial charge in [0.1, 0.15) is 24.9 Å². The molecule has 8 nitrogen and oxygen atoms in total. The summed E-state index contributed by atoms with van der Waals surface area (Å²) in [7, 11) is 0. The lowest BCUT2D eigenvalue weighted by Gasteiger charge is -2.30. The molecule has 0 radical (unpaired) electrons. The molecule has 2 aliphatic heterocycles. The first-order chi connectivity index (χ1) is 13.2. The fraction of sp³-hybridized carbons (Fsp3) is 0.600. The minimum absolute atomic E-state index is 0.145. The number of benzene rings is 1. The number of hydrogen-bond acceptors (Lipinski definition) is 8. The number of rotatable bonds is 7. The number of carbonyl (C=O) groups is 2. The second-order valence-corrected chi connectivity index (χ2v) is 7.28. The molecule has 0 saturated carbocycles. The van der Waals surface area contributed by atoms with Crippen LogP contribution in [-0.4, -0.2) is 55.0 Å². The molecule has 3 rings (SSSR count). The molecule has 8 heteroatoms. The molecule has 0 aliphatic carbocycles. The van der Waals surface area contributed by atoms with Gasteiger partial charge in [0.15, 0.2) is 18.2 Å². The number of esters is 2. The van der Waals surface area contributed by atoms with Crippen molar-refractivity contribution in [3.8, 4) is 0 Å². The molecular formula is C20H26O8. The Morgan fingerprint density at radius 1 is 1.11 bits per heavy atom. The van der Waals surface area contributed by atoms with Gasteiger partial charge in [-0.1, -0.05) is 30.3 Å². The molecule has 2 aliphatic rings. The average molecular weight is 394 g/mol. The van der Waals surface area contributed by atoms with Gasteiger partial charge in [0.25, 0.3) is 0 Å². The Hall–Kier alpha value is -2.00. The van der Waals surface area contributed by atoms with E-state index >= 15 is 0 Å². The van der Waals surface area contributed by atoms with Crippen LogP contribution in [0.3, 0.4) is 0 Å². The number of carbonyl (C=O) groups excluding carboxylic acids is 2. The monoisotopic (exact) mass is 394 g/mol. The molecule has 0 bridgehead atoms. The highest BCUT2D eigenvalue weighted by molar-refractivity contribution is 5.67. The summed E-state index contributed by atoms with van der Waals surface area (Å²) in [6, 6.07) is 9.66. The van der Waals surface area contributed by atoms with Crippen molar-refractivity contribution in [1.82, 2.24) is 0 Å². The van der Waals surface area contributed by atoms with Crippen molar-refractivity contribution in [2.75, 3.05) is 6.61 Å². The Morgan fingerprint density at radius 2 is 1.82 bits per heavy atom. The summed E-state index contributed by atoms with van der Waals surface area (Å²) in [6.07, 6.45) is -3.30. The zero-order valence-electron chi connectivity index (χ0n) is 16.5. The van der Waals surface area contributed by atoms with Gasteiger partial charge in [-0.2, -0.15) is 0 Å². The lowest BCUT2D eigenvalue weighted by Crippen LogP contribution is -2.46. The van der Waals surface area contributed by atoms with E-state index in [-0.39, 0.29) is 6.61 Å². The van der Waals surface area contributed by atoms with Crippen LogP contribution in [0.4, 0.5) is 0 Å². The molecule has 1 aromatic rings. The maximum Gasteiger partial charge on any atom is 0.303 e. The highest BCUT2D eigenvalue weighted by Crippen LogP contribution is 2.40. The zero-order chi connectivity index (χ0) is 20.3. The van der Waals surface area contributed by atoms with Crippen LogP contribution in [0.15, 0.2) is 30.3 Å². The smallest absolute Gasteiger partial charge is 0.303 e. The van der Waals surface area contributed by atoms with Crippen molar-refractivity contribution in [2.24, 2.45) is 0 Å². The normalized spacial score (nSPS) is 29.1. The number of fused-ring (bicyclic) bond motifs is 1. The molecule has 0 unspecified atom stereocenters. The minimum atomic E-state index is -0.844. The molecule has 154 valence electrons. The molecule has 0 spiro atoms. The van der Waals surface area contributed by atoms with Gasteiger partial charge in [-0.3, -0.25) is 9.59 Å². The van der Waals surface area contributed by atoms with Gasteiger partial charge in [-0.15, -0.1) is 0 Å². The quantitative estimate of drug-likeness (QED) is 0.648. The van der Waals surface area contributed by atoms with E-state index in [4.69, 9.17) is 28.4 Å². The first kappa shape index (κ1) is 20.7. The van der Waals surface area contributed by atoms with Crippen LogP contribution in [0.25, 0.3) is 0 Å². The summed E-state index contributed by atoms with van der Waals surface area (Å²) in [5.41, 5.74) is 0.979. The zero-order valence-corrected chi connectivity index (χ0v) is 16.5. The molecule has 1 aromatic carbocycles. The summed E-state index contributed by atoms with van der Waals surface area (Å²) >= 11 is 0. The summed E-state index contributed by atoms with van der Waals surface area (Å²) in [6.45, 7) is 6.33. The maximum atomic E-state index is 11.6. The van der Waals surface area contributed by atoms with E-state index in [1.165, 1.54) is 13.8 Å². The van der Waals surface area contributed by atoms with Gasteiger partial charge in [0.2, 0.25) is 0 Å². The highest BCUT2D eigenvalue weighted by Gasteiger charge is 2.58. The van der Waals surface area contributed by atoms with E-state index in [2.05, 4.69) is 0 Å². The molecule has 5 atom stereocenters. The molecule has 0 N–H and O–H groups in total. The largest absolute Gasteiger partial charge is 0.462 e. The Bertz CT molecular complexity index is 689. The molecule has 2 fully saturated rings. The van der Waals surface area contributed by atoms with Crippen molar-refractivity contribution >= 4 is 11.9 Å². The second-order valence-electron chi connectivity index (χ2n) is 7.28. The highest BCUT2D eigenvalue weighted by atomic mass is 16.8. The van der Waals surface area contributed by atoms with Crippen LogP contribution in [0, 0.1) is 0 Å². The Kier molecular flexibility index (Phi) is 6.34. The van der Waals surface area contributed by atoms with Crippen molar-refractivity contribution in [1.29, 1.82) is 0 Å². The van der Waals surface area contributed by atoms with Gasteiger partial charge in [-0.25, -0.2) is 0 Å². The molecular weight excluding hydrogens is 368 g/mol. The van der Waals surface area contributed by atoms with Gasteiger partial charge in [-0.05, 0) is 19.4 Å². The summed E-state index contributed by atoms with van der Waals surface area (Å²) < 4.78 is 34.3. The van der Waals surface area contributed by atoms with Gasteiger partial charge < -0.3 is 28.4 Å². The molecule has 2 saturated heterocycles. The van der Waals surface area contributed by atoms with Crippen molar-refractivity contribution in [3.05, 3.63) is 35.9 Å². The van der Waals surface area contributed by atoms with Crippen LogP contribution in [-0.2, 0) is 44.6 Å². The molecule has 2 heterocycles. The SMILES string of the molecule is CC(=O)OC[C@@H](OC(C)=O)[C@H]1O[C@@H]2OC(C)(C)O[C@@H]2[C@H]1OCc1ccccc1. The first-order valence-corrected chi connectivity index (χ1v) is 9.22. The number of ether oxygens (including phenoxy) is 6. The predicted molar refractivity (Wildman–Crippen MR) is 95.9 cm³/mol. The van der Waals surface area contributed by atoms with Crippen molar-refractivity contribution in [2.45, 2.75) is 70.8 Å². The number of hydrogen-bond donors (Lipinski definition) is 0.